The van der Waals surface area contributed by atoms with Crippen molar-refractivity contribution in [3.63, 3.8) is 0 Å². The van der Waals surface area contributed by atoms with Gasteiger partial charge in [0.05, 0.1) is 4.92 Å². The van der Waals surface area contributed by atoms with Crippen molar-refractivity contribution < 1.29 is 10.0 Å². The van der Waals surface area contributed by atoms with Gasteiger partial charge < -0.3 is 14.9 Å². The number of rotatable bonds is 4. The molecule has 27 heavy (non-hydrogen) atoms. The predicted octanol–water partition coefficient (Wildman–Crippen LogP) is 2.16. The minimum atomic E-state index is -0.351. The van der Waals surface area contributed by atoms with Crippen LogP contribution in [0.25, 0.3) is 0 Å². The van der Waals surface area contributed by atoms with Gasteiger partial charge in [0, 0.05) is 51.0 Å². The Morgan fingerprint density at radius 2 is 1.96 bits per heavy atom. The summed E-state index contributed by atoms with van der Waals surface area (Å²) in [5.74, 6) is 2.01. The van der Waals surface area contributed by atoms with Gasteiger partial charge in [-0.05, 0) is 36.3 Å². The number of nitro groups is 1. The van der Waals surface area contributed by atoms with Crippen LogP contribution in [0.4, 0.5) is 17.3 Å². The molecule has 2 aliphatic heterocycles. The number of aliphatic hydroxyl groups is 1. The normalized spacial score (nSPS) is 19.7. The van der Waals surface area contributed by atoms with Crippen LogP contribution in [-0.4, -0.2) is 46.2 Å². The smallest absolute Gasteiger partial charge is 0.269 e. The molecule has 2 aliphatic rings. The molecule has 8 heteroatoms. The van der Waals surface area contributed by atoms with Gasteiger partial charge in [-0.15, -0.1) is 0 Å². The number of aliphatic hydroxyl groups excluding tert-OH is 1. The summed E-state index contributed by atoms with van der Waals surface area (Å²) in [5, 5.41) is 20.5. The maximum atomic E-state index is 11.1. The second-order valence-electron chi connectivity index (χ2n) is 7.25. The highest BCUT2D eigenvalue weighted by atomic mass is 16.6. The summed E-state index contributed by atoms with van der Waals surface area (Å²) < 4.78 is 0. The van der Waals surface area contributed by atoms with Gasteiger partial charge in [0.25, 0.3) is 5.69 Å². The molecule has 1 atom stereocenters. The number of hydrogen-bond acceptors (Lipinski definition) is 7. The van der Waals surface area contributed by atoms with E-state index < -0.39 is 0 Å². The number of hydrogen-bond donors (Lipinski definition) is 1. The van der Waals surface area contributed by atoms with E-state index in [-0.39, 0.29) is 17.2 Å². The number of nitrogens with zero attached hydrogens (tertiary/aromatic N) is 5. The lowest BCUT2D eigenvalue weighted by Crippen LogP contribution is -2.37. The standard InChI is InChI=1S/C19H23N5O3/c25-12-14-2-1-6-22(10-14)18-9-19(21-13-20-18)23-7-5-15-3-4-17(24(26)27)8-16(15)11-23/h3-4,8-9,13-14,25H,1-2,5-7,10-12H2. The Bertz CT molecular complexity index is 844. The second kappa shape index (κ2) is 7.48. The zero-order chi connectivity index (χ0) is 18.8. The first-order valence-electron chi connectivity index (χ1n) is 9.33. The lowest BCUT2D eigenvalue weighted by Gasteiger charge is -2.34. The van der Waals surface area contributed by atoms with E-state index in [1.54, 1.807) is 18.5 Å². The molecule has 0 amide bonds. The third-order valence-corrected chi connectivity index (χ3v) is 5.48. The van der Waals surface area contributed by atoms with E-state index in [0.29, 0.717) is 12.5 Å². The SMILES string of the molecule is O=[N+]([O-])c1ccc2c(c1)CN(c1cc(N3CCCC(CO)C3)ncn1)CC2. The van der Waals surface area contributed by atoms with Crippen molar-refractivity contribution in [2.24, 2.45) is 5.92 Å². The van der Waals surface area contributed by atoms with Gasteiger partial charge >= 0.3 is 0 Å². The number of non-ortho nitro benzene ring substituents is 1. The first-order chi connectivity index (χ1) is 13.1. The van der Waals surface area contributed by atoms with Crippen molar-refractivity contribution in [3.05, 3.63) is 51.8 Å². The van der Waals surface area contributed by atoms with Gasteiger partial charge in [0.15, 0.2) is 0 Å². The molecular formula is C19H23N5O3. The van der Waals surface area contributed by atoms with Crippen molar-refractivity contribution in [1.29, 1.82) is 0 Å². The van der Waals surface area contributed by atoms with Crippen LogP contribution in [0.2, 0.25) is 0 Å². The van der Waals surface area contributed by atoms with Crippen LogP contribution < -0.4 is 9.80 Å². The number of nitro benzene ring substituents is 1. The molecule has 8 nitrogen and oxygen atoms in total. The summed E-state index contributed by atoms with van der Waals surface area (Å²) in [6, 6.07) is 7.09. The zero-order valence-electron chi connectivity index (χ0n) is 15.1. The minimum absolute atomic E-state index is 0.127. The van der Waals surface area contributed by atoms with Gasteiger partial charge in [0.1, 0.15) is 18.0 Å². The lowest BCUT2D eigenvalue weighted by molar-refractivity contribution is -0.384. The van der Waals surface area contributed by atoms with E-state index >= 15 is 0 Å². The Morgan fingerprint density at radius 1 is 1.15 bits per heavy atom. The summed E-state index contributed by atoms with van der Waals surface area (Å²) in [4.78, 5) is 23.9. The maximum Gasteiger partial charge on any atom is 0.269 e. The van der Waals surface area contributed by atoms with E-state index in [2.05, 4.69) is 19.8 Å². The van der Waals surface area contributed by atoms with Gasteiger partial charge in [0.2, 0.25) is 0 Å². The van der Waals surface area contributed by atoms with Crippen molar-refractivity contribution in [1.82, 2.24) is 9.97 Å². The minimum Gasteiger partial charge on any atom is -0.396 e. The molecule has 1 saturated heterocycles. The fourth-order valence-corrected chi connectivity index (χ4v) is 3.96. The van der Waals surface area contributed by atoms with Crippen LogP contribution >= 0.6 is 0 Å². The summed E-state index contributed by atoms with van der Waals surface area (Å²) in [7, 11) is 0. The van der Waals surface area contributed by atoms with Gasteiger partial charge in [-0.3, -0.25) is 10.1 Å². The second-order valence-corrected chi connectivity index (χ2v) is 7.25. The Kier molecular flexibility index (Phi) is 4.89. The molecule has 0 aliphatic carbocycles. The molecule has 4 rings (SSSR count). The van der Waals surface area contributed by atoms with Crippen molar-refractivity contribution >= 4 is 17.3 Å². The van der Waals surface area contributed by atoms with Crippen LogP contribution in [0.5, 0.6) is 0 Å². The Balaban J connectivity index is 1.54. The number of benzene rings is 1. The fraction of sp³-hybridized carbons (Fsp3) is 0.474. The van der Waals surface area contributed by atoms with Crippen LogP contribution in [0.3, 0.4) is 0 Å². The van der Waals surface area contributed by atoms with E-state index in [1.165, 1.54) is 0 Å². The molecule has 3 heterocycles. The Morgan fingerprint density at radius 3 is 2.74 bits per heavy atom. The van der Waals surface area contributed by atoms with Crippen LogP contribution in [-0.2, 0) is 13.0 Å². The number of piperidine rings is 1. The zero-order valence-corrected chi connectivity index (χ0v) is 15.1. The topological polar surface area (TPSA) is 95.6 Å². The summed E-state index contributed by atoms with van der Waals surface area (Å²) >= 11 is 0. The number of anilines is 2. The third kappa shape index (κ3) is 3.71. The largest absolute Gasteiger partial charge is 0.396 e. The van der Waals surface area contributed by atoms with Crippen molar-refractivity contribution in [3.8, 4) is 0 Å². The Labute approximate surface area is 157 Å². The molecule has 1 unspecified atom stereocenters. The summed E-state index contributed by atoms with van der Waals surface area (Å²) in [5.41, 5.74) is 2.27. The average molecular weight is 369 g/mol. The van der Waals surface area contributed by atoms with Crippen LogP contribution in [0, 0.1) is 16.0 Å². The highest BCUT2D eigenvalue weighted by Crippen LogP contribution is 2.28. The first kappa shape index (κ1) is 17.7. The molecule has 0 bridgehead atoms. The quantitative estimate of drug-likeness (QED) is 0.652. The van der Waals surface area contributed by atoms with E-state index in [9.17, 15) is 15.2 Å². The van der Waals surface area contributed by atoms with Gasteiger partial charge in [-0.2, -0.15) is 0 Å². The number of fused-ring (bicyclic) bond motifs is 1. The summed E-state index contributed by atoms with van der Waals surface area (Å²) in [6.45, 7) is 3.37. The molecule has 1 N–H and O–H groups in total. The lowest BCUT2D eigenvalue weighted by atomic mass is 9.98. The molecule has 1 aromatic carbocycles. The highest BCUT2D eigenvalue weighted by Gasteiger charge is 2.23. The van der Waals surface area contributed by atoms with Gasteiger partial charge in [-0.1, -0.05) is 6.07 Å². The van der Waals surface area contributed by atoms with Gasteiger partial charge in [-0.25, -0.2) is 9.97 Å². The molecule has 2 aromatic rings. The fourth-order valence-electron chi connectivity index (χ4n) is 3.96. The molecule has 0 spiro atoms. The average Bonchev–Trinajstić information content (AvgIpc) is 2.73. The van der Waals surface area contributed by atoms with Crippen molar-refractivity contribution in [2.75, 3.05) is 36.0 Å². The predicted molar refractivity (Wildman–Crippen MR) is 102 cm³/mol. The molecule has 142 valence electrons. The van der Waals surface area contributed by atoms with Crippen LogP contribution in [0.15, 0.2) is 30.6 Å². The monoisotopic (exact) mass is 369 g/mol. The highest BCUT2D eigenvalue weighted by molar-refractivity contribution is 5.53. The first-order valence-corrected chi connectivity index (χ1v) is 9.33. The van der Waals surface area contributed by atoms with E-state index in [0.717, 1.165) is 61.7 Å². The Hall–Kier alpha value is -2.74. The molecule has 0 saturated carbocycles. The maximum absolute atomic E-state index is 11.1. The molecule has 1 fully saturated rings. The summed E-state index contributed by atoms with van der Waals surface area (Å²) in [6.07, 6.45) is 4.51. The van der Waals surface area contributed by atoms with Crippen LogP contribution in [0.1, 0.15) is 24.0 Å². The third-order valence-electron chi connectivity index (χ3n) is 5.48. The molecule has 0 radical (unpaired) electrons. The number of aromatic nitrogens is 2. The van der Waals surface area contributed by atoms with E-state index in [4.69, 9.17) is 0 Å². The van der Waals surface area contributed by atoms with E-state index in [1.807, 2.05) is 12.1 Å². The molecule has 1 aromatic heterocycles. The molecular weight excluding hydrogens is 346 g/mol. The van der Waals surface area contributed by atoms with Crippen molar-refractivity contribution in [2.45, 2.75) is 25.8 Å².